The lowest BCUT2D eigenvalue weighted by Gasteiger charge is -2.31. The average molecular weight is 266 g/mol. The number of unbranched alkanes of at least 4 members (excludes halogenated alkanes) is 1. The number of alkyl halides is 3. The Morgan fingerprint density at radius 1 is 1.44 bits per heavy atom. The van der Waals surface area contributed by atoms with Crippen LogP contribution in [0.2, 0.25) is 0 Å². The highest BCUT2D eigenvalue weighted by atomic mass is 19.4. The molecule has 0 spiro atoms. The molecule has 6 heteroatoms. The van der Waals surface area contributed by atoms with Crippen molar-refractivity contribution < 1.29 is 18.0 Å². The second-order valence-electron chi connectivity index (χ2n) is 5.18. The summed E-state index contributed by atoms with van der Waals surface area (Å²) in [6.45, 7) is 3.84. The fourth-order valence-corrected chi connectivity index (χ4v) is 2.20. The second-order valence-corrected chi connectivity index (χ2v) is 5.18. The van der Waals surface area contributed by atoms with E-state index < -0.39 is 18.1 Å². The molecular formula is C12H21F3N2O. The average Bonchev–Trinajstić information content (AvgIpc) is 2.70. The zero-order valence-corrected chi connectivity index (χ0v) is 10.9. The Labute approximate surface area is 106 Å². The molecule has 1 amide bonds. The summed E-state index contributed by atoms with van der Waals surface area (Å²) in [5.74, 6) is -0.377. The van der Waals surface area contributed by atoms with Crippen molar-refractivity contribution in [3.63, 3.8) is 0 Å². The molecule has 1 heterocycles. The maximum absolute atomic E-state index is 12.5. The molecule has 0 saturated carbocycles. The van der Waals surface area contributed by atoms with E-state index in [1.807, 2.05) is 6.92 Å². The van der Waals surface area contributed by atoms with Gasteiger partial charge in [0.1, 0.15) is 6.54 Å². The van der Waals surface area contributed by atoms with Gasteiger partial charge in [-0.1, -0.05) is 13.3 Å². The Morgan fingerprint density at radius 2 is 2.11 bits per heavy atom. The Bertz CT molecular complexity index is 286. The van der Waals surface area contributed by atoms with Gasteiger partial charge < -0.3 is 10.2 Å². The Balaban J connectivity index is 2.71. The highest BCUT2D eigenvalue weighted by Crippen LogP contribution is 2.29. The lowest BCUT2D eigenvalue weighted by molar-refractivity contribution is -0.166. The number of hydrogen-bond acceptors (Lipinski definition) is 2. The fourth-order valence-electron chi connectivity index (χ4n) is 2.20. The van der Waals surface area contributed by atoms with Crippen molar-refractivity contribution in [1.29, 1.82) is 0 Å². The minimum Gasteiger partial charge on any atom is -0.333 e. The molecule has 0 aromatic heterocycles. The third kappa shape index (κ3) is 4.15. The highest BCUT2D eigenvalue weighted by molar-refractivity contribution is 5.83. The first-order chi connectivity index (χ1) is 8.28. The van der Waals surface area contributed by atoms with Crippen LogP contribution in [0.1, 0.15) is 33.1 Å². The van der Waals surface area contributed by atoms with Gasteiger partial charge in [-0.05, 0) is 26.3 Å². The Morgan fingerprint density at radius 3 is 2.56 bits per heavy atom. The van der Waals surface area contributed by atoms with Gasteiger partial charge in [0.05, 0.1) is 5.41 Å². The monoisotopic (exact) mass is 266 g/mol. The molecule has 0 aromatic carbocycles. The van der Waals surface area contributed by atoms with Crippen LogP contribution in [-0.4, -0.2) is 43.2 Å². The number of halogens is 3. The van der Waals surface area contributed by atoms with Gasteiger partial charge in [0.2, 0.25) is 5.91 Å². The van der Waals surface area contributed by atoms with Gasteiger partial charge in [-0.15, -0.1) is 0 Å². The van der Waals surface area contributed by atoms with E-state index in [9.17, 15) is 18.0 Å². The number of carbonyl (C=O) groups is 1. The lowest BCUT2D eigenvalue weighted by atomic mass is 9.88. The normalized spacial score (nSPS) is 24.3. The van der Waals surface area contributed by atoms with E-state index >= 15 is 0 Å². The summed E-state index contributed by atoms with van der Waals surface area (Å²) >= 11 is 0. The fraction of sp³-hybridized carbons (Fsp3) is 0.917. The van der Waals surface area contributed by atoms with Crippen LogP contribution in [0.3, 0.4) is 0 Å². The minimum atomic E-state index is -4.33. The first-order valence-corrected chi connectivity index (χ1v) is 6.35. The first kappa shape index (κ1) is 15.3. The van der Waals surface area contributed by atoms with E-state index in [4.69, 9.17) is 0 Å². The van der Waals surface area contributed by atoms with Crippen molar-refractivity contribution in [2.75, 3.05) is 26.2 Å². The molecule has 0 aromatic rings. The SMILES string of the molecule is CCCCN(CC(F)(F)F)C(=O)C1(C)CCNC1. The summed E-state index contributed by atoms with van der Waals surface area (Å²) in [7, 11) is 0. The van der Waals surface area contributed by atoms with Crippen LogP contribution in [0, 0.1) is 5.41 Å². The zero-order chi connectivity index (χ0) is 13.8. The van der Waals surface area contributed by atoms with Gasteiger partial charge in [0.25, 0.3) is 0 Å². The topological polar surface area (TPSA) is 32.3 Å². The van der Waals surface area contributed by atoms with Gasteiger partial charge in [-0.2, -0.15) is 13.2 Å². The van der Waals surface area contributed by atoms with Crippen molar-refractivity contribution in [3.8, 4) is 0 Å². The summed E-state index contributed by atoms with van der Waals surface area (Å²) in [4.78, 5) is 13.2. The molecule has 1 rings (SSSR count). The third-order valence-electron chi connectivity index (χ3n) is 3.32. The van der Waals surface area contributed by atoms with Gasteiger partial charge in [-0.3, -0.25) is 4.79 Å². The molecule has 18 heavy (non-hydrogen) atoms. The summed E-state index contributed by atoms with van der Waals surface area (Å²) in [6, 6.07) is 0. The smallest absolute Gasteiger partial charge is 0.333 e. The molecule has 0 bridgehead atoms. The molecule has 0 radical (unpaired) electrons. The maximum Gasteiger partial charge on any atom is 0.406 e. The van der Waals surface area contributed by atoms with Gasteiger partial charge in [0, 0.05) is 13.1 Å². The van der Waals surface area contributed by atoms with Crippen molar-refractivity contribution in [2.24, 2.45) is 5.41 Å². The molecule has 1 aliphatic heterocycles. The maximum atomic E-state index is 12.5. The van der Waals surface area contributed by atoms with Gasteiger partial charge >= 0.3 is 6.18 Å². The van der Waals surface area contributed by atoms with Crippen LogP contribution >= 0.6 is 0 Å². The summed E-state index contributed by atoms with van der Waals surface area (Å²) < 4.78 is 37.5. The number of rotatable bonds is 5. The van der Waals surface area contributed by atoms with Crippen LogP contribution < -0.4 is 5.32 Å². The number of carbonyl (C=O) groups excluding carboxylic acids is 1. The van der Waals surface area contributed by atoms with E-state index in [-0.39, 0.29) is 12.5 Å². The molecule has 1 aliphatic rings. The number of amides is 1. The first-order valence-electron chi connectivity index (χ1n) is 6.35. The second kappa shape index (κ2) is 5.91. The molecule has 1 saturated heterocycles. The standard InChI is InChI=1S/C12H21F3N2O/c1-3-4-7-17(9-12(13,14)15)10(18)11(2)5-6-16-8-11/h16H,3-9H2,1-2H3. The van der Waals surface area contributed by atoms with Crippen LogP contribution in [0.5, 0.6) is 0 Å². The lowest BCUT2D eigenvalue weighted by Crippen LogP contribution is -2.47. The highest BCUT2D eigenvalue weighted by Gasteiger charge is 2.42. The van der Waals surface area contributed by atoms with Gasteiger partial charge in [0.15, 0.2) is 0 Å². The quantitative estimate of drug-likeness (QED) is 0.827. The zero-order valence-electron chi connectivity index (χ0n) is 10.9. The Hall–Kier alpha value is -0.780. The number of nitrogens with one attached hydrogen (secondary N) is 1. The minimum absolute atomic E-state index is 0.185. The van der Waals surface area contributed by atoms with E-state index in [0.29, 0.717) is 25.9 Å². The van der Waals surface area contributed by atoms with E-state index in [1.165, 1.54) is 0 Å². The summed E-state index contributed by atoms with van der Waals surface area (Å²) in [5.41, 5.74) is -0.682. The van der Waals surface area contributed by atoms with Crippen molar-refractivity contribution in [3.05, 3.63) is 0 Å². The number of hydrogen-bond donors (Lipinski definition) is 1. The van der Waals surface area contributed by atoms with Crippen LogP contribution in [-0.2, 0) is 4.79 Å². The molecule has 1 fully saturated rings. The predicted octanol–water partition coefficient (Wildman–Crippen LogP) is 2.18. The van der Waals surface area contributed by atoms with E-state index in [0.717, 1.165) is 11.3 Å². The van der Waals surface area contributed by atoms with Crippen molar-refractivity contribution >= 4 is 5.91 Å². The molecule has 1 atom stereocenters. The summed E-state index contributed by atoms with van der Waals surface area (Å²) in [6.07, 6.45) is -2.35. The van der Waals surface area contributed by atoms with E-state index in [2.05, 4.69) is 5.32 Å². The summed E-state index contributed by atoms with van der Waals surface area (Å²) in [5, 5.41) is 3.04. The van der Waals surface area contributed by atoms with Crippen molar-refractivity contribution in [2.45, 2.75) is 39.3 Å². The molecule has 1 unspecified atom stereocenters. The van der Waals surface area contributed by atoms with E-state index in [1.54, 1.807) is 6.92 Å². The predicted molar refractivity (Wildman–Crippen MR) is 63.1 cm³/mol. The molecule has 1 N–H and O–H groups in total. The molecular weight excluding hydrogens is 245 g/mol. The molecule has 0 aliphatic carbocycles. The Kier molecular flexibility index (Phi) is 5.01. The number of nitrogens with zero attached hydrogens (tertiary/aromatic N) is 1. The van der Waals surface area contributed by atoms with Crippen LogP contribution in [0.25, 0.3) is 0 Å². The van der Waals surface area contributed by atoms with Crippen LogP contribution in [0.15, 0.2) is 0 Å². The van der Waals surface area contributed by atoms with Crippen LogP contribution in [0.4, 0.5) is 13.2 Å². The largest absolute Gasteiger partial charge is 0.406 e. The van der Waals surface area contributed by atoms with Crippen molar-refractivity contribution in [1.82, 2.24) is 10.2 Å². The third-order valence-corrected chi connectivity index (χ3v) is 3.32. The molecule has 106 valence electrons. The van der Waals surface area contributed by atoms with Gasteiger partial charge in [-0.25, -0.2) is 0 Å². The molecule has 3 nitrogen and oxygen atoms in total.